The monoisotopic (exact) mass is 346 g/mol. The fourth-order valence-corrected chi connectivity index (χ4v) is 9.26. The van der Waals surface area contributed by atoms with Gasteiger partial charge in [0.25, 0.3) is 0 Å². The Kier molecular flexibility index (Phi) is 3.08. The first-order valence-corrected chi connectivity index (χ1v) is 10.5. The van der Waals surface area contributed by atoms with E-state index in [4.69, 9.17) is 4.74 Å². The molecule has 1 spiro atoms. The number of carbonyl (C=O) groups excluding carboxylic acids is 1. The number of aliphatic hydroxyl groups excluding tert-OH is 1. The van der Waals surface area contributed by atoms with Crippen molar-refractivity contribution in [3.05, 3.63) is 0 Å². The van der Waals surface area contributed by atoms with Gasteiger partial charge in [-0.1, -0.05) is 20.8 Å². The fourth-order valence-electron chi connectivity index (χ4n) is 9.26. The van der Waals surface area contributed by atoms with Crippen molar-refractivity contribution in [2.24, 2.45) is 45.3 Å². The SMILES string of the molecule is CC(=O)O[C@@H]1CC[C@]2(C)[C@H](CC[C@@]34C[C@@H]5[C@@H](C[C@H]32)[C@]5(CO)C4)C1(C)C. The third-order valence-corrected chi connectivity index (χ3v) is 10.2. The van der Waals surface area contributed by atoms with Crippen LogP contribution < -0.4 is 0 Å². The zero-order chi connectivity index (χ0) is 17.8. The van der Waals surface area contributed by atoms with Gasteiger partial charge in [-0.3, -0.25) is 4.79 Å². The summed E-state index contributed by atoms with van der Waals surface area (Å²) in [4.78, 5) is 11.6. The number of hydrogen-bond donors (Lipinski definition) is 1. The largest absolute Gasteiger partial charge is 0.462 e. The molecular formula is C22H34O3. The molecule has 4 bridgehead atoms. The van der Waals surface area contributed by atoms with E-state index in [-0.39, 0.29) is 17.5 Å². The second-order valence-corrected chi connectivity index (χ2v) is 11.2. The molecule has 6 aliphatic carbocycles. The first kappa shape index (κ1) is 16.6. The highest BCUT2D eigenvalue weighted by atomic mass is 16.5. The van der Waals surface area contributed by atoms with Gasteiger partial charge >= 0.3 is 5.97 Å². The topological polar surface area (TPSA) is 46.5 Å². The lowest BCUT2D eigenvalue weighted by atomic mass is 9.39. The molecule has 6 rings (SSSR count). The van der Waals surface area contributed by atoms with Gasteiger partial charge in [-0.15, -0.1) is 0 Å². The van der Waals surface area contributed by atoms with Crippen LogP contribution in [0.4, 0.5) is 0 Å². The standard InChI is InChI=1S/C22H34O3/c1-13(24)25-18-6-7-20(4)16(19(18,2)3)5-8-21-10-15-14(9-17(20)21)22(15,11-21)12-23/h14-18,23H,5-12H2,1-4H3/t14-,15-,16-,17+,18-,20-,21+,22-/m1/s1. The van der Waals surface area contributed by atoms with Crippen LogP contribution in [0.1, 0.15) is 72.6 Å². The number of carbonyl (C=O) groups is 1. The van der Waals surface area contributed by atoms with Gasteiger partial charge in [0.2, 0.25) is 0 Å². The summed E-state index contributed by atoms with van der Waals surface area (Å²) in [5.74, 6) is 2.97. The summed E-state index contributed by atoms with van der Waals surface area (Å²) in [6, 6.07) is 0. The van der Waals surface area contributed by atoms with Crippen molar-refractivity contribution in [1.82, 2.24) is 0 Å². The molecule has 0 aliphatic heterocycles. The van der Waals surface area contributed by atoms with E-state index in [2.05, 4.69) is 20.8 Å². The van der Waals surface area contributed by atoms with Crippen LogP contribution in [-0.4, -0.2) is 23.8 Å². The average Bonchev–Trinajstić information content (AvgIpc) is 3.04. The lowest BCUT2D eigenvalue weighted by molar-refractivity contribution is -0.204. The molecule has 1 N–H and O–H groups in total. The smallest absolute Gasteiger partial charge is 0.302 e. The molecule has 140 valence electrons. The maximum Gasteiger partial charge on any atom is 0.302 e. The van der Waals surface area contributed by atoms with Gasteiger partial charge in [0.05, 0.1) is 0 Å². The van der Waals surface area contributed by atoms with E-state index < -0.39 is 0 Å². The van der Waals surface area contributed by atoms with Crippen LogP contribution >= 0.6 is 0 Å². The third kappa shape index (κ3) is 1.79. The lowest BCUT2D eigenvalue weighted by Crippen LogP contribution is -2.61. The summed E-state index contributed by atoms with van der Waals surface area (Å²) in [6.45, 7) is 9.25. The molecule has 3 heteroatoms. The van der Waals surface area contributed by atoms with E-state index in [1.807, 2.05) is 0 Å². The van der Waals surface area contributed by atoms with Crippen molar-refractivity contribution >= 4 is 5.97 Å². The highest BCUT2D eigenvalue weighted by Crippen LogP contribution is 2.85. The minimum atomic E-state index is -0.126. The van der Waals surface area contributed by atoms with Gasteiger partial charge in [-0.25, -0.2) is 0 Å². The average molecular weight is 347 g/mol. The molecule has 8 atom stereocenters. The number of hydrogen-bond acceptors (Lipinski definition) is 3. The summed E-state index contributed by atoms with van der Waals surface area (Å²) < 4.78 is 5.76. The Balaban J connectivity index is 1.47. The molecule has 25 heavy (non-hydrogen) atoms. The van der Waals surface area contributed by atoms with E-state index in [1.165, 1.54) is 38.5 Å². The molecule has 6 aliphatic rings. The zero-order valence-corrected chi connectivity index (χ0v) is 16.3. The first-order chi connectivity index (χ1) is 11.7. The van der Waals surface area contributed by atoms with E-state index >= 15 is 0 Å². The Morgan fingerprint density at radius 3 is 2.52 bits per heavy atom. The Bertz CT molecular complexity index is 627. The van der Waals surface area contributed by atoms with Crippen LogP contribution in [0.5, 0.6) is 0 Å². The molecule has 3 nitrogen and oxygen atoms in total. The summed E-state index contributed by atoms with van der Waals surface area (Å²) in [7, 11) is 0. The van der Waals surface area contributed by atoms with E-state index in [9.17, 15) is 9.90 Å². The zero-order valence-electron chi connectivity index (χ0n) is 16.3. The fraction of sp³-hybridized carbons (Fsp3) is 0.955. The minimum absolute atomic E-state index is 0.0680. The summed E-state index contributed by atoms with van der Waals surface area (Å²) in [5, 5.41) is 10.0. The highest BCUT2D eigenvalue weighted by molar-refractivity contribution is 5.66. The highest BCUT2D eigenvalue weighted by Gasteiger charge is 2.80. The van der Waals surface area contributed by atoms with Gasteiger partial charge in [0, 0.05) is 24.4 Å². The summed E-state index contributed by atoms with van der Waals surface area (Å²) >= 11 is 0. The Morgan fingerprint density at radius 2 is 1.88 bits per heavy atom. The minimum Gasteiger partial charge on any atom is -0.462 e. The van der Waals surface area contributed by atoms with Crippen LogP contribution in [0.3, 0.4) is 0 Å². The van der Waals surface area contributed by atoms with E-state index in [0.717, 1.165) is 24.2 Å². The number of aliphatic hydroxyl groups is 1. The number of rotatable bonds is 2. The summed E-state index contributed by atoms with van der Waals surface area (Å²) in [6.07, 6.45) is 8.95. The van der Waals surface area contributed by atoms with Gasteiger partial charge in [0.1, 0.15) is 6.10 Å². The van der Waals surface area contributed by atoms with Crippen molar-refractivity contribution < 1.29 is 14.6 Å². The van der Waals surface area contributed by atoms with Gasteiger partial charge in [-0.2, -0.15) is 0 Å². The number of esters is 1. The molecule has 0 heterocycles. The van der Waals surface area contributed by atoms with Crippen LogP contribution in [0, 0.1) is 45.3 Å². The molecule has 0 radical (unpaired) electrons. The molecule has 0 aromatic heterocycles. The van der Waals surface area contributed by atoms with Crippen LogP contribution in [0.25, 0.3) is 0 Å². The second kappa shape index (κ2) is 4.64. The molecule has 0 aromatic rings. The van der Waals surface area contributed by atoms with E-state index in [1.54, 1.807) is 6.92 Å². The first-order valence-electron chi connectivity index (χ1n) is 10.5. The predicted molar refractivity (Wildman–Crippen MR) is 95.7 cm³/mol. The lowest BCUT2D eigenvalue weighted by Gasteiger charge is -2.66. The van der Waals surface area contributed by atoms with E-state index in [0.29, 0.717) is 28.8 Å². The molecular weight excluding hydrogens is 312 g/mol. The van der Waals surface area contributed by atoms with Gasteiger partial charge < -0.3 is 9.84 Å². The van der Waals surface area contributed by atoms with Crippen LogP contribution in [0.15, 0.2) is 0 Å². The number of fused-ring (bicyclic) bond motifs is 1. The number of ether oxygens (including phenoxy) is 1. The molecule has 0 amide bonds. The molecule has 6 saturated carbocycles. The van der Waals surface area contributed by atoms with Crippen molar-refractivity contribution in [2.75, 3.05) is 6.61 Å². The second-order valence-electron chi connectivity index (χ2n) is 11.2. The van der Waals surface area contributed by atoms with Crippen LogP contribution in [-0.2, 0) is 9.53 Å². The van der Waals surface area contributed by atoms with Gasteiger partial charge in [0.15, 0.2) is 0 Å². The quantitative estimate of drug-likeness (QED) is 0.763. The maximum atomic E-state index is 11.6. The molecule has 0 aromatic carbocycles. The normalized spacial score (nSPS) is 57.4. The maximum absolute atomic E-state index is 11.6. The van der Waals surface area contributed by atoms with Crippen molar-refractivity contribution in [2.45, 2.75) is 78.7 Å². The van der Waals surface area contributed by atoms with Crippen molar-refractivity contribution in [3.63, 3.8) is 0 Å². The molecule has 6 fully saturated rings. The Hall–Kier alpha value is -0.570. The predicted octanol–water partition coefficient (Wildman–Crippen LogP) is 4.18. The van der Waals surface area contributed by atoms with Gasteiger partial charge in [-0.05, 0) is 79.4 Å². The molecule has 0 unspecified atom stereocenters. The molecule has 0 saturated heterocycles. The third-order valence-electron chi connectivity index (χ3n) is 10.2. The van der Waals surface area contributed by atoms with Crippen molar-refractivity contribution in [1.29, 1.82) is 0 Å². The Labute approximate surface area is 151 Å². The Morgan fingerprint density at radius 1 is 1.12 bits per heavy atom. The van der Waals surface area contributed by atoms with Crippen molar-refractivity contribution in [3.8, 4) is 0 Å². The summed E-state index contributed by atoms with van der Waals surface area (Å²) in [5.41, 5.74) is 1.29. The van der Waals surface area contributed by atoms with Crippen LogP contribution in [0.2, 0.25) is 0 Å².